The molecular formula is C20H27N5O2. The lowest BCUT2D eigenvalue weighted by Gasteiger charge is -2.32. The molecule has 2 aromatic rings. The number of aliphatic hydroxyl groups excluding tert-OH is 1. The van der Waals surface area contributed by atoms with Crippen molar-refractivity contribution in [3.8, 4) is 11.3 Å². The second kappa shape index (κ2) is 8.90. The summed E-state index contributed by atoms with van der Waals surface area (Å²) in [6, 6.07) is 5.92. The summed E-state index contributed by atoms with van der Waals surface area (Å²) in [5.74, 6) is 0.621. The summed E-state index contributed by atoms with van der Waals surface area (Å²) in [6.45, 7) is 6.01. The van der Waals surface area contributed by atoms with E-state index in [0.29, 0.717) is 25.5 Å². The summed E-state index contributed by atoms with van der Waals surface area (Å²) in [5, 5.41) is 11.8. The van der Waals surface area contributed by atoms with Crippen molar-refractivity contribution in [2.24, 2.45) is 5.92 Å². The van der Waals surface area contributed by atoms with Crippen molar-refractivity contribution in [3.05, 3.63) is 35.8 Å². The molecule has 7 heteroatoms. The van der Waals surface area contributed by atoms with Crippen LogP contribution in [0, 0.1) is 19.8 Å². The number of anilines is 1. The molecule has 0 aromatic carbocycles. The Morgan fingerprint density at radius 2 is 2.15 bits per heavy atom. The molecule has 27 heavy (non-hydrogen) atoms. The summed E-state index contributed by atoms with van der Waals surface area (Å²) < 4.78 is 0. The Balaban J connectivity index is 1.73. The van der Waals surface area contributed by atoms with Gasteiger partial charge < -0.3 is 15.3 Å². The highest BCUT2D eigenvalue weighted by Crippen LogP contribution is 2.25. The molecule has 0 spiro atoms. The fraction of sp³-hybridized carbons (Fsp3) is 0.500. The number of aromatic nitrogens is 3. The summed E-state index contributed by atoms with van der Waals surface area (Å²) in [5.41, 5.74) is 3.77. The molecule has 0 radical (unpaired) electrons. The van der Waals surface area contributed by atoms with Crippen molar-refractivity contribution in [2.75, 3.05) is 31.1 Å². The van der Waals surface area contributed by atoms with E-state index in [1.165, 1.54) is 0 Å². The van der Waals surface area contributed by atoms with Gasteiger partial charge in [0.15, 0.2) is 0 Å². The first-order valence-electron chi connectivity index (χ1n) is 9.49. The van der Waals surface area contributed by atoms with Gasteiger partial charge in [0.1, 0.15) is 0 Å². The molecule has 0 bridgehead atoms. The lowest BCUT2D eigenvalue weighted by Crippen LogP contribution is -2.44. The van der Waals surface area contributed by atoms with Gasteiger partial charge in [-0.1, -0.05) is 0 Å². The maximum atomic E-state index is 12.3. The smallest absolute Gasteiger partial charge is 0.225 e. The second-order valence-corrected chi connectivity index (χ2v) is 6.98. The van der Waals surface area contributed by atoms with Gasteiger partial charge in [0.25, 0.3) is 0 Å². The molecule has 0 unspecified atom stereocenters. The average molecular weight is 369 g/mol. The molecule has 1 saturated heterocycles. The van der Waals surface area contributed by atoms with Gasteiger partial charge in [-0.05, 0) is 51.3 Å². The van der Waals surface area contributed by atoms with Crippen LogP contribution in [0.2, 0.25) is 0 Å². The van der Waals surface area contributed by atoms with E-state index in [2.05, 4.69) is 20.2 Å². The quantitative estimate of drug-likeness (QED) is 0.756. The molecule has 0 saturated carbocycles. The minimum Gasteiger partial charge on any atom is -0.396 e. The number of piperidine rings is 1. The van der Waals surface area contributed by atoms with Gasteiger partial charge in [0.2, 0.25) is 11.9 Å². The van der Waals surface area contributed by atoms with Gasteiger partial charge in [0, 0.05) is 49.4 Å². The van der Waals surface area contributed by atoms with E-state index < -0.39 is 0 Å². The zero-order valence-electron chi connectivity index (χ0n) is 16.0. The molecule has 3 heterocycles. The van der Waals surface area contributed by atoms with Crippen molar-refractivity contribution in [2.45, 2.75) is 33.1 Å². The highest BCUT2D eigenvalue weighted by molar-refractivity contribution is 5.79. The van der Waals surface area contributed by atoms with Gasteiger partial charge in [0.05, 0.1) is 11.6 Å². The van der Waals surface area contributed by atoms with Crippen LogP contribution >= 0.6 is 0 Å². The number of aryl methyl sites for hydroxylation is 2. The molecule has 1 atom stereocenters. The van der Waals surface area contributed by atoms with Gasteiger partial charge in [-0.2, -0.15) is 0 Å². The van der Waals surface area contributed by atoms with Crippen LogP contribution in [0.4, 0.5) is 5.95 Å². The van der Waals surface area contributed by atoms with E-state index in [-0.39, 0.29) is 18.4 Å². The molecule has 2 N–H and O–H groups in total. The monoisotopic (exact) mass is 369 g/mol. The van der Waals surface area contributed by atoms with Crippen molar-refractivity contribution in [1.29, 1.82) is 0 Å². The van der Waals surface area contributed by atoms with Crippen LogP contribution in [0.3, 0.4) is 0 Å². The van der Waals surface area contributed by atoms with Gasteiger partial charge in [-0.25, -0.2) is 9.97 Å². The van der Waals surface area contributed by atoms with Crippen LogP contribution < -0.4 is 10.2 Å². The number of aliphatic hydroxyl groups is 1. The van der Waals surface area contributed by atoms with Crippen molar-refractivity contribution >= 4 is 11.9 Å². The average Bonchev–Trinajstić information content (AvgIpc) is 2.68. The summed E-state index contributed by atoms with van der Waals surface area (Å²) in [7, 11) is 0. The zero-order chi connectivity index (χ0) is 19.2. The summed E-state index contributed by atoms with van der Waals surface area (Å²) in [4.78, 5) is 28.1. The van der Waals surface area contributed by atoms with E-state index in [1.54, 1.807) is 6.20 Å². The Labute approximate surface area is 159 Å². The number of nitrogens with one attached hydrogen (secondary N) is 1. The third-order valence-corrected chi connectivity index (χ3v) is 4.85. The van der Waals surface area contributed by atoms with Crippen LogP contribution in [0.1, 0.15) is 30.7 Å². The third kappa shape index (κ3) is 4.80. The first kappa shape index (κ1) is 19.2. The van der Waals surface area contributed by atoms with Crippen LogP contribution in [0.25, 0.3) is 11.3 Å². The van der Waals surface area contributed by atoms with Gasteiger partial charge >= 0.3 is 0 Å². The molecule has 1 fully saturated rings. The van der Waals surface area contributed by atoms with Gasteiger partial charge in [-0.15, -0.1) is 0 Å². The molecular weight excluding hydrogens is 342 g/mol. The van der Waals surface area contributed by atoms with Crippen molar-refractivity contribution in [1.82, 2.24) is 20.3 Å². The number of amides is 1. The number of nitrogens with zero attached hydrogens (tertiary/aromatic N) is 4. The predicted octanol–water partition coefficient (Wildman–Crippen LogP) is 1.87. The molecule has 1 aliphatic heterocycles. The standard InChI is InChI=1S/C20H27N5O2/c1-14-6-7-17(15(2)23-14)18-8-10-22-20(24-18)25-11-3-5-16(13-25)19(27)21-9-4-12-26/h6-8,10,16,26H,3-5,9,11-13H2,1-2H3,(H,21,27)/t16-/m1/s1. The maximum Gasteiger partial charge on any atom is 0.225 e. The number of carbonyl (C=O) groups excluding carboxylic acids is 1. The first-order valence-corrected chi connectivity index (χ1v) is 9.49. The van der Waals surface area contributed by atoms with E-state index in [0.717, 1.165) is 42.0 Å². The minimum absolute atomic E-state index is 0.0443. The van der Waals surface area contributed by atoms with Gasteiger partial charge in [-0.3, -0.25) is 9.78 Å². The summed E-state index contributed by atoms with van der Waals surface area (Å²) >= 11 is 0. The highest BCUT2D eigenvalue weighted by Gasteiger charge is 2.27. The summed E-state index contributed by atoms with van der Waals surface area (Å²) in [6.07, 6.45) is 4.14. The Kier molecular flexibility index (Phi) is 6.34. The molecule has 7 nitrogen and oxygen atoms in total. The van der Waals surface area contributed by atoms with Crippen LogP contribution in [0.5, 0.6) is 0 Å². The molecule has 144 valence electrons. The lowest BCUT2D eigenvalue weighted by molar-refractivity contribution is -0.125. The SMILES string of the molecule is Cc1ccc(-c2ccnc(N3CCC[C@@H](C(=O)NCCCO)C3)n2)c(C)n1. The van der Waals surface area contributed by atoms with E-state index >= 15 is 0 Å². The van der Waals surface area contributed by atoms with Crippen LogP contribution in [0.15, 0.2) is 24.4 Å². The third-order valence-electron chi connectivity index (χ3n) is 4.85. The Bertz CT molecular complexity index is 796. The Hall–Kier alpha value is -2.54. The number of carbonyl (C=O) groups is 1. The molecule has 0 aliphatic carbocycles. The number of rotatable bonds is 6. The minimum atomic E-state index is -0.0764. The van der Waals surface area contributed by atoms with Crippen LogP contribution in [-0.2, 0) is 4.79 Å². The fourth-order valence-corrected chi connectivity index (χ4v) is 3.42. The Morgan fingerprint density at radius 3 is 2.93 bits per heavy atom. The molecule has 3 rings (SSSR count). The van der Waals surface area contributed by atoms with Crippen LogP contribution in [-0.4, -0.2) is 52.2 Å². The Morgan fingerprint density at radius 1 is 1.30 bits per heavy atom. The number of pyridine rings is 1. The normalized spacial score (nSPS) is 17.0. The molecule has 2 aromatic heterocycles. The number of hydrogen-bond donors (Lipinski definition) is 2. The van der Waals surface area contributed by atoms with E-state index in [1.807, 2.05) is 32.0 Å². The van der Waals surface area contributed by atoms with E-state index in [4.69, 9.17) is 10.1 Å². The topological polar surface area (TPSA) is 91.2 Å². The predicted molar refractivity (Wildman–Crippen MR) is 104 cm³/mol. The van der Waals surface area contributed by atoms with E-state index in [9.17, 15) is 4.79 Å². The molecule has 1 aliphatic rings. The van der Waals surface area contributed by atoms with Crippen molar-refractivity contribution < 1.29 is 9.90 Å². The fourth-order valence-electron chi connectivity index (χ4n) is 3.42. The first-order chi connectivity index (χ1) is 13.1. The lowest BCUT2D eigenvalue weighted by atomic mass is 9.97. The zero-order valence-corrected chi connectivity index (χ0v) is 16.0. The highest BCUT2D eigenvalue weighted by atomic mass is 16.3. The maximum absolute atomic E-state index is 12.3. The largest absolute Gasteiger partial charge is 0.396 e. The second-order valence-electron chi connectivity index (χ2n) is 6.98. The van der Waals surface area contributed by atoms with Crippen molar-refractivity contribution in [3.63, 3.8) is 0 Å². The number of hydrogen-bond acceptors (Lipinski definition) is 6. The molecule has 1 amide bonds.